The second kappa shape index (κ2) is 6.68. The van der Waals surface area contributed by atoms with Gasteiger partial charge in [-0.15, -0.1) is 0 Å². The highest BCUT2D eigenvalue weighted by atomic mass is 16.4. The molecular weight excluding hydrogens is 322 g/mol. The van der Waals surface area contributed by atoms with Gasteiger partial charge in [-0.3, -0.25) is 4.79 Å². The summed E-state index contributed by atoms with van der Waals surface area (Å²) in [5, 5.41) is 28.5. The highest BCUT2D eigenvalue weighted by molar-refractivity contribution is 5.87. The molecule has 1 aliphatic rings. The van der Waals surface area contributed by atoms with Crippen molar-refractivity contribution in [1.82, 2.24) is 4.57 Å². The van der Waals surface area contributed by atoms with Crippen molar-refractivity contribution in [2.45, 2.75) is 19.4 Å². The van der Waals surface area contributed by atoms with E-state index < -0.39 is 22.7 Å². The molecule has 1 aromatic heterocycles. The number of phenolic OH excluding ortho intramolecular Hbond substituents is 1. The molecule has 6 heteroatoms. The van der Waals surface area contributed by atoms with Gasteiger partial charge in [0.25, 0.3) is 0 Å². The van der Waals surface area contributed by atoms with Gasteiger partial charge in [0, 0.05) is 12.7 Å². The summed E-state index contributed by atoms with van der Waals surface area (Å²) in [5.41, 5.74) is 1.48. The predicted octanol–water partition coefficient (Wildman–Crippen LogP) is 2.76. The van der Waals surface area contributed by atoms with Crippen molar-refractivity contribution in [1.29, 1.82) is 0 Å². The standard InChI is InChI=1S/C19H17NO5/c21-14-6-3-5-12(8-14)15-7-2-1-4-13(15)9-20-10-16(19(24)25)18(23)17(22)11-20/h1,3-6,8,10-11,21-22H,2,7,9H2,(H,24,25). The molecule has 6 nitrogen and oxygen atoms in total. The summed E-state index contributed by atoms with van der Waals surface area (Å²) in [7, 11) is 0. The lowest BCUT2D eigenvalue weighted by Gasteiger charge is -2.18. The number of carboxylic acids is 1. The molecule has 0 amide bonds. The second-order valence-corrected chi connectivity index (χ2v) is 5.86. The molecule has 128 valence electrons. The van der Waals surface area contributed by atoms with Crippen LogP contribution in [0, 0.1) is 0 Å². The summed E-state index contributed by atoms with van der Waals surface area (Å²) in [4.78, 5) is 22.8. The number of aromatic carboxylic acids is 1. The lowest BCUT2D eigenvalue weighted by molar-refractivity contribution is 0.0694. The van der Waals surface area contributed by atoms with Crippen LogP contribution in [0.5, 0.6) is 11.5 Å². The van der Waals surface area contributed by atoms with Gasteiger partial charge < -0.3 is 19.9 Å². The molecule has 0 radical (unpaired) electrons. The molecule has 25 heavy (non-hydrogen) atoms. The molecule has 1 aliphatic carbocycles. The third-order valence-corrected chi connectivity index (χ3v) is 4.11. The van der Waals surface area contributed by atoms with Crippen LogP contribution in [0.1, 0.15) is 28.8 Å². The Morgan fingerprint density at radius 2 is 2.00 bits per heavy atom. The van der Waals surface area contributed by atoms with Crippen molar-refractivity contribution in [3.63, 3.8) is 0 Å². The van der Waals surface area contributed by atoms with E-state index in [4.69, 9.17) is 5.11 Å². The first-order valence-corrected chi connectivity index (χ1v) is 7.80. The van der Waals surface area contributed by atoms with E-state index >= 15 is 0 Å². The monoisotopic (exact) mass is 339 g/mol. The van der Waals surface area contributed by atoms with Crippen LogP contribution >= 0.6 is 0 Å². The van der Waals surface area contributed by atoms with Gasteiger partial charge in [-0.2, -0.15) is 0 Å². The van der Waals surface area contributed by atoms with Crippen molar-refractivity contribution in [2.75, 3.05) is 0 Å². The van der Waals surface area contributed by atoms with Gasteiger partial charge in [-0.05, 0) is 41.7 Å². The summed E-state index contributed by atoms with van der Waals surface area (Å²) in [6.07, 6.45) is 8.06. The highest BCUT2D eigenvalue weighted by Crippen LogP contribution is 2.31. The molecule has 2 aromatic rings. The molecule has 3 rings (SSSR count). The smallest absolute Gasteiger partial charge is 0.341 e. The maximum atomic E-state index is 11.7. The number of nitrogens with zero attached hydrogens (tertiary/aromatic N) is 1. The molecule has 0 saturated carbocycles. The van der Waals surface area contributed by atoms with Gasteiger partial charge in [0.15, 0.2) is 5.75 Å². The quantitative estimate of drug-likeness (QED) is 0.795. The first-order valence-electron chi connectivity index (χ1n) is 7.80. The maximum Gasteiger partial charge on any atom is 0.341 e. The van der Waals surface area contributed by atoms with Crippen molar-refractivity contribution >= 4 is 11.5 Å². The van der Waals surface area contributed by atoms with E-state index in [2.05, 4.69) is 0 Å². The van der Waals surface area contributed by atoms with Crippen LogP contribution in [0.2, 0.25) is 0 Å². The van der Waals surface area contributed by atoms with Crippen molar-refractivity contribution in [3.8, 4) is 11.5 Å². The SMILES string of the molecule is O=C(O)c1cn(CC2=C(c3cccc(O)c3)CCC=C2)cc(O)c1=O. The molecule has 0 spiro atoms. The summed E-state index contributed by atoms with van der Waals surface area (Å²) < 4.78 is 1.48. The minimum absolute atomic E-state index is 0.174. The summed E-state index contributed by atoms with van der Waals surface area (Å²) in [6, 6.07) is 6.95. The van der Waals surface area contributed by atoms with Crippen LogP contribution in [0.25, 0.3) is 5.57 Å². The number of hydrogen-bond acceptors (Lipinski definition) is 4. The molecule has 0 atom stereocenters. The van der Waals surface area contributed by atoms with E-state index in [-0.39, 0.29) is 5.75 Å². The fourth-order valence-electron chi connectivity index (χ4n) is 2.94. The first-order chi connectivity index (χ1) is 12.0. The fourth-order valence-corrected chi connectivity index (χ4v) is 2.94. The molecule has 1 heterocycles. The molecule has 1 aromatic carbocycles. The molecule has 0 aliphatic heterocycles. The Kier molecular flexibility index (Phi) is 4.43. The molecule has 0 bridgehead atoms. The molecule has 0 saturated heterocycles. The van der Waals surface area contributed by atoms with Gasteiger partial charge in [0.1, 0.15) is 11.3 Å². The summed E-state index contributed by atoms with van der Waals surface area (Å²) in [6.45, 7) is 0.301. The number of benzene rings is 1. The molecule has 0 unspecified atom stereocenters. The average Bonchev–Trinajstić information content (AvgIpc) is 2.58. The number of pyridine rings is 1. The largest absolute Gasteiger partial charge is 0.508 e. The minimum atomic E-state index is -1.38. The minimum Gasteiger partial charge on any atom is -0.508 e. The van der Waals surface area contributed by atoms with Gasteiger partial charge in [0.05, 0.1) is 6.20 Å². The molecular formula is C19H17NO5. The summed E-state index contributed by atoms with van der Waals surface area (Å²) >= 11 is 0. The topological polar surface area (TPSA) is 99.8 Å². The normalized spacial score (nSPS) is 13.9. The Morgan fingerprint density at radius 1 is 1.20 bits per heavy atom. The Bertz CT molecular complexity index is 953. The average molecular weight is 339 g/mol. The number of carbonyl (C=O) groups is 1. The van der Waals surface area contributed by atoms with Crippen LogP contribution < -0.4 is 5.43 Å². The number of aromatic hydroxyl groups is 2. The number of phenols is 1. The Labute approximate surface area is 143 Å². The van der Waals surface area contributed by atoms with E-state index in [1.54, 1.807) is 18.2 Å². The van der Waals surface area contributed by atoms with E-state index in [1.165, 1.54) is 17.0 Å². The second-order valence-electron chi connectivity index (χ2n) is 5.86. The zero-order chi connectivity index (χ0) is 18.0. The van der Waals surface area contributed by atoms with Gasteiger partial charge in [-0.1, -0.05) is 24.3 Å². The highest BCUT2D eigenvalue weighted by Gasteiger charge is 2.16. The number of carboxylic acid groups (broad SMARTS) is 1. The number of allylic oxidation sites excluding steroid dienone is 4. The van der Waals surface area contributed by atoms with Crippen LogP contribution in [0.15, 0.2) is 59.2 Å². The first kappa shape index (κ1) is 16.6. The van der Waals surface area contributed by atoms with E-state index in [0.29, 0.717) is 6.54 Å². The molecule has 3 N–H and O–H groups in total. The predicted molar refractivity (Wildman–Crippen MR) is 92.7 cm³/mol. The van der Waals surface area contributed by atoms with Crippen LogP contribution in [-0.2, 0) is 6.54 Å². The van der Waals surface area contributed by atoms with Crippen molar-refractivity contribution in [2.24, 2.45) is 0 Å². The van der Waals surface area contributed by atoms with Crippen LogP contribution in [0.4, 0.5) is 0 Å². The Balaban J connectivity index is 2.04. The van der Waals surface area contributed by atoms with Gasteiger partial charge in [-0.25, -0.2) is 4.79 Å². The Morgan fingerprint density at radius 3 is 2.72 bits per heavy atom. The number of rotatable bonds is 4. The Hall–Kier alpha value is -3.28. The van der Waals surface area contributed by atoms with Gasteiger partial charge in [0.2, 0.25) is 5.43 Å². The fraction of sp³-hybridized carbons (Fsp3) is 0.158. The van der Waals surface area contributed by atoms with Gasteiger partial charge >= 0.3 is 5.97 Å². The van der Waals surface area contributed by atoms with E-state index in [9.17, 15) is 19.8 Å². The maximum absolute atomic E-state index is 11.7. The third kappa shape index (κ3) is 3.47. The zero-order valence-electron chi connectivity index (χ0n) is 13.3. The number of aromatic nitrogens is 1. The van der Waals surface area contributed by atoms with Crippen molar-refractivity contribution in [3.05, 3.63) is 75.7 Å². The van der Waals surface area contributed by atoms with Crippen LogP contribution in [0.3, 0.4) is 0 Å². The lowest BCUT2D eigenvalue weighted by Crippen LogP contribution is -2.18. The van der Waals surface area contributed by atoms with Crippen LogP contribution in [-0.4, -0.2) is 25.9 Å². The van der Waals surface area contributed by atoms with Crippen molar-refractivity contribution < 1.29 is 20.1 Å². The number of hydrogen-bond donors (Lipinski definition) is 3. The molecule has 0 fully saturated rings. The lowest BCUT2D eigenvalue weighted by atomic mass is 9.91. The van der Waals surface area contributed by atoms with E-state index in [1.807, 2.05) is 18.2 Å². The zero-order valence-corrected chi connectivity index (χ0v) is 13.3. The third-order valence-electron chi connectivity index (χ3n) is 4.11. The van der Waals surface area contributed by atoms with E-state index in [0.717, 1.165) is 29.6 Å². The summed E-state index contributed by atoms with van der Waals surface area (Å²) in [5.74, 6) is -1.80.